The highest BCUT2D eigenvalue weighted by atomic mass is 32.2. The van der Waals surface area contributed by atoms with Crippen molar-refractivity contribution in [3.8, 4) is 0 Å². The van der Waals surface area contributed by atoms with Crippen LogP contribution in [0, 0.1) is 0 Å². The summed E-state index contributed by atoms with van der Waals surface area (Å²) in [6.07, 6.45) is 11.5. The van der Waals surface area contributed by atoms with Crippen LogP contribution in [0.2, 0.25) is 0 Å². The summed E-state index contributed by atoms with van der Waals surface area (Å²) < 4.78 is 5.37. The maximum Gasteiger partial charge on any atom is 0.226 e. The zero-order valence-electron chi connectivity index (χ0n) is 12.1. The normalized spacial score (nSPS) is 24.3. The average Bonchev–Trinajstić information content (AvgIpc) is 3.16. The Labute approximate surface area is 125 Å². The van der Waals surface area contributed by atoms with Crippen LogP contribution >= 0.6 is 11.8 Å². The van der Waals surface area contributed by atoms with E-state index in [0.29, 0.717) is 6.04 Å². The molecule has 1 atom stereocenters. The predicted octanol–water partition coefficient (Wildman–Crippen LogP) is 3.32. The van der Waals surface area contributed by atoms with Gasteiger partial charge in [0, 0.05) is 17.7 Å². The molecule has 1 unspecified atom stereocenters. The third-order valence-electron chi connectivity index (χ3n) is 4.38. The van der Waals surface area contributed by atoms with Crippen molar-refractivity contribution in [3.05, 3.63) is 11.7 Å². The Bertz CT molecular complexity index is 398. The lowest BCUT2D eigenvalue weighted by Gasteiger charge is -2.22. The number of thioether (sulfide) groups is 1. The van der Waals surface area contributed by atoms with E-state index in [1.165, 1.54) is 44.9 Å². The van der Waals surface area contributed by atoms with Gasteiger partial charge >= 0.3 is 0 Å². The molecule has 5 heteroatoms. The molecule has 2 aliphatic rings. The molecule has 1 N–H and O–H groups in total. The van der Waals surface area contributed by atoms with Crippen LogP contribution in [0.25, 0.3) is 0 Å². The molecule has 2 heterocycles. The Morgan fingerprint density at radius 3 is 2.80 bits per heavy atom. The van der Waals surface area contributed by atoms with E-state index in [9.17, 15) is 0 Å². The second-order valence-corrected chi connectivity index (χ2v) is 7.30. The first-order valence-corrected chi connectivity index (χ1v) is 9.11. The molecule has 1 aliphatic carbocycles. The molecule has 3 rings (SSSR count). The second-order valence-electron chi connectivity index (χ2n) is 6.01. The van der Waals surface area contributed by atoms with Crippen molar-refractivity contribution in [1.29, 1.82) is 0 Å². The molecule has 0 radical (unpaired) electrons. The molecule has 4 nitrogen and oxygen atoms in total. The van der Waals surface area contributed by atoms with E-state index < -0.39 is 0 Å². The van der Waals surface area contributed by atoms with Crippen LogP contribution in [0.5, 0.6) is 0 Å². The van der Waals surface area contributed by atoms with Gasteiger partial charge in [0.05, 0.1) is 5.75 Å². The number of aryl methyl sites for hydroxylation is 1. The first kappa shape index (κ1) is 14.4. The third kappa shape index (κ3) is 4.22. The van der Waals surface area contributed by atoms with Gasteiger partial charge in [-0.1, -0.05) is 24.4 Å². The van der Waals surface area contributed by atoms with Gasteiger partial charge in [0.1, 0.15) is 0 Å². The maximum absolute atomic E-state index is 5.37. The van der Waals surface area contributed by atoms with Crippen molar-refractivity contribution in [2.24, 2.45) is 0 Å². The summed E-state index contributed by atoms with van der Waals surface area (Å²) in [5, 5.41) is 8.50. The second kappa shape index (κ2) is 7.46. The van der Waals surface area contributed by atoms with Gasteiger partial charge in [0.2, 0.25) is 5.89 Å². The molecule has 1 saturated carbocycles. The van der Waals surface area contributed by atoms with E-state index >= 15 is 0 Å². The van der Waals surface area contributed by atoms with Crippen molar-refractivity contribution in [3.63, 3.8) is 0 Å². The van der Waals surface area contributed by atoms with E-state index in [2.05, 4.69) is 15.5 Å². The quantitative estimate of drug-likeness (QED) is 0.872. The standard InChI is InChI=1S/C15H25N3OS/c1-2-7-13(6-1)20-11-14-17-15(19-18-14)9-8-12-5-3-4-10-16-12/h12-13,16H,1-11H2. The van der Waals surface area contributed by atoms with Crippen LogP contribution in [0.3, 0.4) is 0 Å². The lowest BCUT2D eigenvalue weighted by molar-refractivity contribution is 0.341. The minimum absolute atomic E-state index is 0.645. The minimum atomic E-state index is 0.645. The summed E-state index contributed by atoms with van der Waals surface area (Å²) in [7, 11) is 0. The fraction of sp³-hybridized carbons (Fsp3) is 0.867. The average molecular weight is 295 g/mol. The number of nitrogens with zero attached hydrogens (tertiary/aromatic N) is 2. The van der Waals surface area contributed by atoms with Crippen LogP contribution < -0.4 is 5.32 Å². The summed E-state index contributed by atoms with van der Waals surface area (Å²) in [6.45, 7) is 1.16. The monoisotopic (exact) mass is 295 g/mol. The largest absolute Gasteiger partial charge is 0.339 e. The number of aromatic nitrogens is 2. The summed E-state index contributed by atoms with van der Waals surface area (Å²) in [4.78, 5) is 4.53. The SMILES string of the molecule is C1CCC(CCc2nc(CSC3CCCC3)no2)NC1. The number of rotatable bonds is 6. The van der Waals surface area contributed by atoms with Crippen molar-refractivity contribution >= 4 is 11.8 Å². The maximum atomic E-state index is 5.37. The fourth-order valence-electron chi connectivity index (χ4n) is 3.17. The van der Waals surface area contributed by atoms with Crippen LogP contribution in [0.15, 0.2) is 4.52 Å². The summed E-state index contributed by atoms with van der Waals surface area (Å²) in [5.74, 6) is 2.61. The van der Waals surface area contributed by atoms with Gasteiger partial charge in [-0.2, -0.15) is 16.7 Å². The topological polar surface area (TPSA) is 51.0 Å². The fourth-order valence-corrected chi connectivity index (χ4v) is 4.33. The first-order valence-electron chi connectivity index (χ1n) is 8.06. The Balaban J connectivity index is 1.39. The lowest BCUT2D eigenvalue weighted by atomic mass is 10.0. The molecule has 0 aromatic carbocycles. The number of hydrogen-bond donors (Lipinski definition) is 1. The number of piperidine rings is 1. The van der Waals surface area contributed by atoms with Gasteiger partial charge in [-0.05, 0) is 38.6 Å². The zero-order chi connectivity index (χ0) is 13.6. The molecule has 112 valence electrons. The zero-order valence-corrected chi connectivity index (χ0v) is 13.0. The molecule has 1 saturated heterocycles. The van der Waals surface area contributed by atoms with E-state index in [-0.39, 0.29) is 0 Å². The van der Waals surface area contributed by atoms with Gasteiger partial charge in [-0.15, -0.1) is 0 Å². The number of hydrogen-bond acceptors (Lipinski definition) is 5. The Hall–Kier alpha value is -0.550. The highest BCUT2D eigenvalue weighted by Crippen LogP contribution is 2.31. The molecule has 2 fully saturated rings. The number of nitrogens with one attached hydrogen (secondary N) is 1. The van der Waals surface area contributed by atoms with Crippen LogP contribution in [-0.4, -0.2) is 28.0 Å². The van der Waals surface area contributed by atoms with Crippen molar-refractivity contribution in [1.82, 2.24) is 15.5 Å². The van der Waals surface area contributed by atoms with E-state index in [4.69, 9.17) is 4.52 Å². The predicted molar refractivity (Wildman–Crippen MR) is 81.8 cm³/mol. The van der Waals surface area contributed by atoms with Crippen molar-refractivity contribution in [2.75, 3.05) is 6.54 Å². The molecule has 0 spiro atoms. The Morgan fingerprint density at radius 1 is 1.15 bits per heavy atom. The highest BCUT2D eigenvalue weighted by Gasteiger charge is 2.17. The van der Waals surface area contributed by atoms with Gasteiger partial charge in [-0.25, -0.2) is 0 Å². The molecular weight excluding hydrogens is 270 g/mol. The van der Waals surface area contributed by atoms with E-state index in [1.807, 2.05) is 11.8 Å². The smallest absolute Gasteiger partial charge is 0.226 e. The summed E-state index contributed by atoms with van der Waals surface area (Å²) in [6, 6.07) is 0.645. The molecule has 20 heavy (non-hydrogen) atoms. The highest BCUT2D eigenvalue weighted by molar-refractivity contribution is 7.99. The molecule has 0 amide bonds. The third-order valence-corrected chi connectivity index (χ3v) is 5.75. The van der Waals surface area contributed by atoms with Gasteiger partial charge in [-0.3, -0.25) is 0 Å². The first-order chi connectivity index (χ1) is 9.90. The van der Waals surface area contributed by atoms with Crippen LogP contribution in [-0.2, 0) is 12.2 Å². The van der Waals surface area contributed by atoms with E-state index in [0.717, 1.165) is 42.1 Å². The Kier molecular flexibility index (Phi) is 5.36. The van der Waals surface area contributed by atoms with Gasteiger partial charge in [0.25, 0.3) is 0 Å². The Morgan fingerprint density at radius 2 is 2.00 bits per heavy atom. The lowest BCUT2D eigenvalue weighted by Crippen LogP contribution is -2.34. The minimum Gasteiger partial charge on any atom is -0.339 e. The van der Waals surface area contributed by atoms with Crippen LogP contribution in [0.4, 0.5) is 0 Å². The molecule has 0 bridgehead atoms. The van der Waals surface area contributed by atoms with Crippen LogP contribution in [0.1, 0.15) is 63.1 Å². The van der Waals surface area contributed by atoms with Gasteiger partial charge < -0.3 is 9.84 Å². The van der Waals surface area contributed by atoms with Crippen molar-refractivity contribution in [2.45, 2.75) is 74.8 Å². The molecule has 1 aromatic heterocycles. The molecule has 1 aliphatic heterocycles. The van der Waals surface area contributed by atoms with E-state index in [1.54, 1.807) is 0 Å². The summed E-state index contributed by atoms with van der Waals surface area (Å²) >= 11 is 2.00. The van der Waals surface area contributed by atoms with Crippen molar-refractivity contribution < 1.29 is 4.52 Å². The molecular formula is C15H25N3OS. The van der Waals surface area contributed by atoms with Gasteiger partial charge in [0.15, 0.2) is 5.82 Å². The molecule has 1 aromatic rings. The summed E-state index contributed by atoms with van der Waals surface area (Å²) in [5.41, 5.74) is 0.